The number of aryl methyl sites for hydroxylation is 1. The summed E-state index contributed by atoms with van der Waals surface area (Å²) in [4.78, 5) is 25.9. The van der Waals surface area contributed by atoms with Gasteiger partial charge in [-0.15, -0.1) is 0 Å². The van der Waals surface area contributed by atoms with E-state index < -0.39 is 0 Å². The van der Waals surface area contributed by atoms with Crippen molar-refractivity contribution in [3.8, 4) is 0 Å². The number of nitrogens with zero attached hydrogens (tertiary/aromatic N) is 4. The van der Waals surface area contributed by atoms with Crippen LogP contribution in [-0.2, 0) is 12.8 Å². The lowest BCUT2D eigenvalue weighted by Gasteiger charge is -2.25. The number of nitrogens with two attached hydrogens (primary N) is 1. The molecule has 0 bridgehead atoms. The number of carbonyl (C=O) groups excluding carboxylic acids is 1. The van der Waals surface area contributed by atoms with E-state index in [1.165, 1.54) is 12.1 Å². The summed E-state index contributed by atoms with van der Waals surface area (Å²) in [6, 6.07) is 6.51. The Kier molecular flexibility index (Phi) is 4.92. The summed E-state index contributed by atoms with van der Waals surface area (Å²) < 4.78 is 13.2. The number of nitrogen functional groups attached to an aromatic ring is 1. The van der Waals surface area contributed by atoms with Gasteiger partial charge >= 0.3 is 0 Å². The van der Waals surface area contributed by atoms with Crippen molar-refractivity contribution in [2.45, 2.75) is 32.1 Å². The second-order valence-corrected chi connectivity index (χ2v) is 7.17. The number of hydrogen-bond acceptors (Lipinski definition) is 5. The SMILES string of the molecule is Nc1nc2c(c(C(=O)N3CCCN(c4ccc(F)cc4)CC3)n1)CCCC2. The molecule has 1 amide bonds. The fraction of sp³-hybridized carbons (Fsp3) is 0.450. The predicted octanol–water partition coefficient (Wildman–Crippen LogP) is 2.43. The van der Waals surface area contributed by atoms with Crippen LogP contribution in [0.5, 0.6) is 0 Å². The average molecular weight is 369 g/mol. The summed E-state index contributed by atoms with van der Waals surface area (Å²) in [5, 5.41) is 0. The van der Waals surface area contributed by atoms with Crippen LogP contribution < -0.4 is 10.6 Å². The zero-order chi connectivity index (χ0) is 18.8. The molecule has 27 heavy (non-hydrogen) atoms. The Balaban J connectivity index is 1.52. The monoisotopic (exact) mass is 369 g/mol. The van der Waals surface area contributed by atoms with Crippen molar-refractivity contribution in [2.24, 2.45) is 0 Å². The molecule has 142 valence electrons. The summed E-state index contributed by atoms with van der Waals surface area (Å²) in [7, 11) is 0. The zero-order valence-corrected chi connectivity index (χ0v) is 15.3. The van der Waals surface area contributed by atoms with Crippen molar-refractivity contribution in [1.82, 2.24) is 14.9 Å². The lowest BCUT2D eigenvalue weighted by Crippen LogP contribution is -2.36. The number of aromatic nitrogens is 2. The van der Waals surface area contributed by atoms with Gasteiger partial charge < -0.3 is 15.5 Å². The summed E-state index contributed by atoms with van der Waals surface area (Å²) in [6.07, 6.45) is 4.69. The molecule has 6 nitrogen and oxygen atoms in total. The van der Waals surface area contributed by atoms with E-state index in [2.05, 4.69) is 14.9 Å². The smallest absolute Gasteiger partial charge is 0.273 e. The maximum absolute atomic E-state index is 13.2. The highest BCUT2D eigenvalue weighted by Gasteiger charge is 2.27. The van der Waals surface area contributed by atoms with Crippen molar-refractivity contribution in [1.29, 1.82) is 0 Å². The maximum atomic E-state index is 13.2. The van der Waals surface area contributed by atoms with Gasteiger partial charge in [-0.25, -0.2) is 14.4 Å². The van der Waals surface area contributed by atoms with Gasteiger partial charge in [0, 0.05) is 43.1 Å². The highest BCUT2D eigenvalue weighted by atomic mass is 19.1. The Hall–Kier alpha value is -2.70. The van der Waals surface area contributed by atoms with Crippen LogP contribution in [0.2, 0.25) is 0 Å². The molecule has 1 aliphatic heterocycles. The van der Waals surface area contributed by atoms with Crippen molar-refractivity contribution < 1.29 is 9.18 Å². The first-order valence-electron chi connectivity index (χ1n) is 9.57. The molecule has 1 fully saturated rings. The van der Waals surface area contributed by atoms with E-state index >= 15 is 0 Å². The Bertz CT molecular complexity index is 839. The van der Waals surface area contributed by atoms with Crippen molar-refractivity contribution in [2.75, 3.05) is 36.8 Å². The lowest BCUT2D eigenvalue weighted by atomic mass is 9.94. The molecule has 0 spiro atoms. The topological polar surface area (TPSA) is 75.3 Å². The third kappa shape index (κ3) is 3.72. The molecular formula is C20H24FN5O. The zero-order valence-electron chi connectivity index (χ0n) is 15.3. The first-order chi connectivity index (χ1) is 13.1. The largest absolute Gasteiger partial charge is 0.370 e. The fourth-order valence-corrected chi connectivity index (χ4v) is 3.97. The molecule has 0 atom stereocenters. The fourth-order valence-electron chi connectivity index (χ4n) is 3.97. The minimum absolute atomic E-state index is 0.0526. The van der Waals surface area contributed by atoms with Crippen LogP contribution in [0, 0.1) is 5.82 Å². The number of fused-ring (bicyclic) bond motifs is 1. The van der Waals surface area contributed by atoms with Gasteiger partial charge in [0.2, 0.25) is 5.95 Å². The number of benzene rings is 1. The number of rotatable bonds is 2. The molecule has 0 saturated carbocycles. The van der Waals surface area contributed by atoms with Gasteiger partial charge in [-0.3, -0.25) is 4.79 Å². The molecule has 2 heterocycles. The van der Waals surface area contributed by atoms with E-state index in [1.807, 2.05) is 4.90 Å². The number of amides is 1. The standard InChI is InChI=1S/C20H24FN5O/c21-14-6-8-15(9-7-14)25-10-3-11-26(13-12-25)19(27)18-16-4-1-2-5-17(16)23-20(22)24-18/h6-9H,1-5,10-13H2,(H2,22,23,24). The predicted molar refractivity (Wildman–Crippen MR) is 102 cm³/mol. The quantitative estimate of drug-likeness (QED) is 0.880. The molecule has 2 N–H and O–H groups in total. The van der Waals surface area contributed by atoms with Crippen molar-refractivity contribution in [3.63, 3.8) is 0 Å². The van der Waals surface area contributed by atoms with E-state index in [9.17, 15) is 9.18 Å². The van der Waals surface area contributed by atoms with E-state index in [4.69, 9.17) is 5.73 Å². The molecule has 4 rings (SSSR count). The van der Waals surface area contributed by atoms with Gasteiger partial charge in [-0.05, 0) is 56.4 Å². The summed E-state index contributed by atoms with van der Waals surface area (Å²) in [6.45, 7) is 2.82. The minimum Gasteiger partial charge on any atom is -0.370 e. The maximum Gasteiger partial charge on any atom is 0.273 e. The van der Waals surface area contributed by atoms with Gasteiger partial charge in [-0.1, -0.05) is 0 Å². The Morgan fingerprint density at radius 2 is 1.74 bits per heavy atom. The third-order valence-corrected chi connectivity index (χ3v) is 5.38. The molecule has 2 aromatic rings. The molecule has 1 aromatic heterocycles. The van der Waals surface area contributed by atoms with Crippen molar-refractivity contribution >= 4 is 17.5 Å². The number of carbonyl (C=O) groups is 1. The summed E-state index contributed by atoms with van der Waals surface area (Å²) in [5.41, 5.74) is 9.22. The molecule has 0 unspecified atom stereocenters. The average Bonchev–Trinajstić information content (AvgIpc) is 2.93. The van der Waals surface area contributed by atoms with Crippen LogP contribution in [0.25, 0.3) is 0 Å². The first-order valence-corrected chi connectivity index (χ1v) is 9.57. The second kappa shape index (κ2) is 7.50. The molecule has 0 radical (unpaired) electrons. The van der Waals surface area contributed by atoms with Gasteiger partial charge in [0.15, 0.2) is 0 Å². The van der Waals surface area contributed by atoms with Gasteiger partial charge in [0.25, 0.3) is 5.91 Å². The number of halogens is 1. The van der Waals surface area contributed by atoms with E-state index in [1.54, 1.807) is 12.1 Å². The Morgan fingerprint density at radius 1 is 0.963 bits per heavy atom. The molecule has 2 aliphatic rings. The van der Waals surface area contributed by atoms with Gasteiger partial charge in [0.1, 0.15) is 11.5 Å². The van der Waals surface area contributed by atoms with Gasteiger partial charge in [-0.2, -0.15) is 0 Å². The first kappa shape index (κ1) is 17.7. The van der Waals surface area contributed by atoms with Crippen molar-refractivity contribution in [3.05, 3.63) is 47.0 Å². The van der Waals surface area contributed by atoms with Gasteiger partial charge in [0.05, 0.1) is 0 Å². The van der Waals surface area contributed by atoms with E-state index in [0.717, 1.165) is 55.6 Å². The van der Waals surface area contributed by atoms with Crippen LogP contribution in [0.4, 0.5) is 16.0 Å². The molecule has 1 saturated heterocycles. The van der Waals surface area contributed by atoms with Crippen LogP contribution in [0.1, 0.15) is 41.0 Å². The molecule has 1 aliphatic carbocycles. The third-order valence-electron chi connectivity index (χ3n) is 5.38. The van der Waals surface area contributed by atoms with Crippen LogP contribution >= 0.6 is 0 Å². The highest BCUT2D eigenvalue weighted by molar-refractivity contribution is 5.94. The van der Waals surface area contributed by atoms with E-state index in [-0.39, 0.29) is 17.7 Å². The van der Waals surface area contributed by atoms with Crippen LogP contribution in [0.15, 0.2) is 24.3 Å². The normalized spacial score (nSPS) is 17.4. The Labute approximate surface area is 158 Å². The van der Waals surface area contributed by atoms with Crippen LogP contribution in [0.3, 0.4) is 0 Å². The summed E-state index contributed by atoms with van der Waals surface area (Å²) >= 11 is 0. The second-order valence-electron chi connectivity index (χ2n) is 7.17. The summed E-state index contributed by atoms with van der Waals surface area (Å²) in [5.74, 6) is -0.110. The highest BCUT2D eigenvalue weighted by Crippen LogP contribution is 2.24. The minimum atomic E-state index is -0.239. The molecular weight excluding hydrogens is 345 g/mol. The number of anilines is 2. The molecule has 1 aromatic carbocycles. The van der Waals surface area contributed by atoms with Crippen LogP contribution in [-0.4, -0.2) is 47.0 Å². The molecule has 7 heteroatoms. The Morgan fingerprint density at radius 3 is 2.56 bits per heavy atom. The lowest BCUT2D eigenvalue weighted by molar-refractivity contribution is 0.0759. The van der Waals surface area contributed by atoms with E-state index in [0.29, 0.717) is 25.3 Å². The number of hydrogen-bond donors (Lipinski definition) is 1.